The molecule has 0 bridgehead atoms. The van der Waals surface area contributed by atoms with Crippen molar-refractivity contribution in [2.75, 3.05) is 28.7 Å². The Morgan fingerprint density at radius 1 is 1.35 bits per heavy atom. The Kier molecular flexibility index (Phi) is 3.29. The first-order valence-corrected chi connectivity index (χ1v) is 7.74. The molecule has 2 aromatic rings. The van der Waals surface area contributed by atoms with Gasteiger partial charge in [-0.05, 0) is 31.2 Å². The van der Waals surface area contributed by atoms with Gasteiger partial charge in [-0.1, -0.05) is 12.1 Å². The summed E-state index contributed by atoms with van der Waals surface area (Å²) in [4.78, 5) is 11.1. The Hall–Kier alpha value is -2.76. The third-order valence-corrected chi connectivity index (χ3v) is 4.16. The maximum absolute atomic E-state index is 5.62. The summed E-state index contributed by atoms with van der Waals surface area (Å²) in [5.74, 6) is 1.49. The number of hydrogen-bond acceptors (Lipinski definition) is 6. The van der Waals surface area contributed by atoms with Gasteiger partial charge in [-0.3, -0.25) is 0 Å². The van der Waals surface area contributed by atoms with Gasteiger partial charge in [0.15, 0.2) is 0 Å². The lowest BCUT2D eigenvalue weighted by molar-refractivity contribution is 0.0763. The number of nitrogens with one attached hydrogen (secondary N) is 2. The van der Waals surface area contributed by atoms with E-state index in [9.17, 15) is 0 Å². The van der Waals surface area contributed by atoms with Crippen LogP contribution in [0, 0.1) is 0 Å². The van der Waals surface area contributed by atoms with Gasteiger partial charge >= 0.3 is 0 Å². The van der Waals surface area contributed by atoms with Gasteiger partial charge in [0.2, 0.25) is 5.95 Å². The Morgan fingerprint density at radius 2 is 2.26 bits per heavy atom. The monoisotopic (exact) mass is 309 g/mol. The van der Waals surface area contributed by atoms with E-state index in [2.05, 4.69) is 44.6 Å². The van der Waals surface area contributed by atoms with Gasteiger partial charge in [-0.2, -0.15) is 4.98 Å². The summed E-state index contributed by atoms with van der Waals surface area (Å²) < 4.78 is 5.62. The molecule has 0 aliphatic carbocycles. The first-order valence-electron chi connectivity index (χ1n) is 7.74. The van der Waals surface area contributed by atoms with Crippen LogP contribution in [0.25, 0.3) is 0 Å². The predicted octanol–water partition coefficient (Wildman–Crippen LogP) is 3.10. The average Bonchev–Trinajstić information content (AvgIpc) is 3.20. The second-order valence-corrected chi connectivity index (χ2v) is 6.02. The second kappa shape index (κ2) is 5.46. The van der Waals surface area contributed by atoms with Crippen LogP contribution in [0.2, 0.25) is 0 Å². The lowest BCUT2D eigenvalue weighted by atomic mass is 10.0. The molecule has 0 saturated heterocycles. The van der Waals surface area contributed by atoms with Gasteiger partial charge < -0.3 is 20.3 Å². The minimum Gasteiger partial charge on any atom is -0.493 e. The number of rotatable bonds is 4. The third-order valence-electron chi connectivity index (χ3n) is 4.16. The maximum atomic E-state index is 5.62. The molecular formula is C17H19N5O. The zero-order valence-electron chi connectivity index (χ0n) is 13.0. The van der Waals surface area contributed by atoms with E-state index < -0.39 is 0 Å². The van der Waals surface area contributed by atoms with Gasteiger partial charge in [0.25, 0.3) is 0 Å². The van der Waals surface area contributed by atoms with Gasteiger partial charge in [0, 0.05) is 12.6 Å². The van der Waals surface area contributed by atoms with E-state index in [4.69, 9.17) is 4.74 Å². The smallest absolute Gasteiger partial charge is 0.224 e. The molecule has 2 aliphatic rings. The van der Waals surface area contributed by atoms with Crippen LogP contribution >= 0.6 is 0 Å². The van der Waals surface area contributed by atoms with Crippen LogP contribution in [0.1, 0.15) is 13.3 Å². The van der Waals surface area contributed by atoms with Gasteiger partial charge in [0.05, 0.1) is 30.9 Å². The van der Waals surface area contributed by atoms with Crippen LogP contribution in [-0.2, 0) is 4.74 Å². The zero-order chi connectivity index (χ0) is 15.7. The molecule has 0 amide bonds. The Labute approximate surface area is 135 Å². The molecule has 1 aromatic carbocycles. The average molecular weight is 309 g/mol. The van der Waals surface area contributed by atoms with Crippen LogP contribution in [-0.4, -0.2) is 28.8 Å². The molecule has 1 atom stereocenters. The van der Waals surface area contributed by atoms with E-state index in [1.807, 2.05) is 24.3 Å². The standard InChI is InChI=1S/C17H19N5O/c1-17(8-4-10-23-17)11-19-16-18-9-7-15(21-16)22-12-20-13-5-2-3-6-14(13)22/h2-7,9-10,20H,8,11-12H2,1H3,(H,18,19,21). The van der Waals surface area contributed by atoms with Crippen molar-refractivity contribution in [1.29, 1.82) is 0 Å². The Morgan fingerprint density at radius 3 is 3.13 bits per heavy atom. The highest BCUT2D eigenvalue weighted by Gasteiger charge is 2.27. The van der Waals surface area contributed by atoms with Crippen LogP contribution in [0.15, 0.2) is 48.9 Å². The van der Waals surface area contributed by atoms with Crippen molar-refractivity contribution in [3.63, 3.8) is 0 Å². The van der Waals surface area contributed by atoms with Crippen LogP contribution in [0.3, 0.4) is 0 Å². The first-order chi connectivity index (χ1) is 11.2. The first kappa shape index (κ1) is 13.9. The summed E-state index contributed by atoms with van der Waals surface area (Å²) in [6, 6.07) is 10.1. The molecule has 2 N–H and O–H groups in total. The lowest BCUT2D eigenvalue weighted by Crippen LogP contribution is -2.33. The number of ether oxygens (including phenoxy) is 1. The molecule has 4 rings (SSSR count). The predicted molar refractivity (Wildman–Crippen MR) is 90.8 cm³/mol. The highest BCUT2D eigenvalue weighted by Crippen LogP contribution is 2.35. The summed E-state index contributed by atoms with van der Waals surface area (Å²) in [6.07, 6.45) is 6.46. The number of fused-ring (bicyclic) bond motifs is 1. The summed E-state index contributed by atoms with van der Waals surface area (Å²) in [7, 11) is 0. The summed E-state index contributed by atoms with van der Waals surface area (Å²) >= 11 is 0. The van der Waals surface area contributed by atoms with E-state index >= 15 is 0 Å². The van der Waals surface area contributed by atoms with Crippen molar-refractivity contribution >= 4 is 23.1 Å². The van der Waals surface area contributed by atoms with Crippen molar-refractivity contribution in [2.45, 2.75) is 18.9 Å². The minimum atomic E-state index is -0.221. The fourth-order valence-electron chi connectivity index (χ4n) is 2.83. The third kappa shape index (κ3) is 2.67. The molecule has 118 valence electrons. The molecule has 6 nitrogen and oxygen atoms in total. The van der Waals surface area contributed by atoms with Gasteiger partial charge in [-0.15, -0.1) is 0 Å². The van der Waals surface area contributed by atoms with Crippen molar-refractivity contribution in [3.05, 3.63) is 48.9 Å². The Balaban J connectivity index is 1.51. The fraction of sp³-hybridized carbons (Fsp3) is 0.294. The molecule has 0 fully saturated rings. The number of hydrogen-bond donors (Lipinski definition) is 2. The van der Waals surface area contributed by atoms with E-state index in [-0.39, 0.29) is 5.60 Å². The molecule has 1 aromatic heterocycles. The van der Waals surface area contributed by atoms with E-state index in [1.165, 1.54) is 0 Å². The van der Waals surface area contributed by atoms with Crippen LogP contribution in [0.4, 0.5) is 23.1 Å². The molecule has 6 heteroatoms. The molecule has 0 saturated carbocycles. The van der Waals surface area contributed by atoms with E-state index in [0.717, 1.165) is 23.6 Å². The number of anilines is 4. The topological polar surface area (TPSA) is 62.3 Å². The fourth-order valence-corrected chi connectivity index (χ4v) is 2.83. The molecule has 0 spiro atoms. The highest BCUT2D eigenvalue weighted by molar-refractivity contribution is 5.79. The summed E-state index contributed by atoms with van der Waals surface area (Å²) in [5, 5.41) is 6.65. The normalized spacial score (nSPS) is 21.7. The van der Waals surface area contributed by atoms with Gasteiger partial charge in [-0.25, -0.2) is 4.98 Å². The zero-order valence-corrected chi connectivity index (χ0v) is 13.0. The molecule has 23 heavy (non-hydrogen) atoms. The molecule has 0 radical (unpaired) electrons. The largest absolute Gasteiger partial charge is 0.493 e. The Bertz CT molecular complexity index is 737. The van der Waals surface area contributed by atoms with Gasteiger partial charge in [0.1, 0.15) is 11.4 Å². The summed E-state index contributed by atoms with van der Waals surface area (Å²) in [5.41, 5.74) is 2.03. The quantitative estimate of drug-likeness (QED) is 0.905. The lowest BCUT2D eigenvalue weighted by Gasteiger charge is -2.24. The van der Waals surface area contributed by atoms with Crippen LogP contribution < -0.4 is 15.5 Å². The second-order valence-electron chi connectivity index (χ2n) is 6.02. The van der Waals surface area contributed by atoms with Crippen molar-refractivity contribution < 1.29 is 4.74 Å². The maximum Gasteiger partial charge on any atom is 0.224 e. The highest BCUT2D eigenvalue weighted by atomic mass is 16.5. The molecular weight excluding hydrogens is 290 g/mol. The molecule has 3 heterocycles. The number of para-hydroxylation sites is 2. The van der Waals surface area contributed by atoms with E-state index in [0.29, 0.717) is 19.2 Å². The van der Waals surface area contributed by atoms with Crippen molar-refractivity contribution in [3.8, 4) is 0 Å². The molecule has 2 aliphatic heterocycles. The minimum absolute atomic E-state index is 0.221. The van der Waals surface area contributed by atoms with E-state index in [1.54, 1.807) is 12.5 Å². The van der Waals surface area contributed by atoms with Crippen molar-refractivity contribution in [1.82, 2.24) is 9.97 Å². The van der Waals surface area contributed by atoms with Crippen LogP contribution in [0.5, 0.6) is 0 Å². The van der Waals surface area contributed by atoms with Crippen molar-refractivity contribution in [2.24, 2.45) is 0 Å². The number of aromatic nitrogens is 2. The number of benzene rings is 1. The molecule has 1 unspecified atom stereocenters. The number of nitrogens with zero attached hydrogens (tertiary/aromatic N) is 3. The summed E-state index contributed by atoms with van der Waals surface area (Å²) in [6.45, 7) is 3.45. The SMILES string of the molecule is CC1(CNc2nccc(N3CNc4ccccc43)n2)CC=CO1.